The van der Waals surface area contributed by atoms with Gasteiger partial charge in [0.05, 0.1) is 17.4 Å². The van der Waals surface area contributed by atoms with Crippen LogP contribution in [0.5, 0.6) is 0 Å². The van der Waals surface area contributed by atoms with Crippen LogP contribution in [0.2, 0.25) is 0 Å². The quantitative estimate of drug-likeness (QED) is 0.776. The molecule has 0 saturated carbocycles. The molecule has 3 amide bonds. The number of anilines is 2. The van der Waals surface area contributed by atoms with E-state index in [1.807, 2.05) is 30.0 Å². The van der Waals surface area contributed by atoms with Gasteiger partial charge in [-0.05, 0) is 42.3 Å². The van der Waals surface area contributed by atoms with Gasteiger partial charge in [-0.25, -0.2) is 4.79 Å². The molecular formula is C23H26N4O4. The number of carboxylic acid groups (broad SMARTS) is 1. The van der Waals surface area contributed by atoms with Crippen molar-refractivity contribution in [2.75, 3.05) is 42.5 Å². The van der Waals surface area contributed by atoms with E-state index in [2.05, 4.69) is 5.32 Å². The topological polar surface area (TPSA) is 93.2 Å². The monoisotopic (exact) mass is 422 g/mol. The summed E-state index contributed by atoms with van der Waals surface area (Å²) >= 11 is 0. The Balaban J connectivity index is 1.65. The molecule has 2 aliphatic heterocycles. The van der Waals surface area contributed by atoms with Crippen molar-refractivity contribution in [3.8, 4) is 11.1 Å². The number of carbonyl (C=O) groups is 3. The number of nitrogens with one attached hydrogen (secondary N) is 1. The molecule has 2 aliphatic rings. The summed E-state index contributed by atoms with van der Waals surface area (Å²) in [6, 6.07) is 12.6. The fourth-order valence-electron chi connectivity index (χ4n) is 4.32. The Labute approximate surface area is 181 Å². The largest absolute Gasteiger partial charge is 0.465 e. The number of piperazine rings is 1. The molecule has 8 nitrogen and oxygen atoms in total. The van der Waals surface area contributed by atoms with Gasteiger partial charge in [-0.1, -0.05) is 18.2 Å². The number of rotatable bonds is 2. The van der Waals surface area contributed by atoms with Crippen LogP contribution in [0.4, 0.5) is 16.2 Å². The van der Waals surface area contributed by atoms with Gasteiger partial charge < -0.3 is 20.2 Å². The Morgan fingerprint density at radius 2 is 1.61 bits per heavy atom. The zero-order valence-corrected chi connectivity index (χ0v) is 17.7. The highest BCUT2D eigenvalue weighted by molar-refractivity contribution is 6.03. The molecule has 1 unspecified atom stereocenters. The first kappa shape index (κ1) is 20.9. The molecule has 0 spiro atoms. The summed E-state index contributed by atoms with van der Waals surface area (Å²) in [6.45, 7) is 6.53. The van der Waals surface area contributed by atoms with E-state index in [0.29, 0.717) is 30.0 Å². The minimum atomic E-state index is -1.05. The maximum atomic E-state index is 12.7. The number of carbonyl (C=O) groups excluding carboxylic acids is 2. The van der Waals surface area contributed by atoms with E-state index in [9.17, 15) is 19.5 Å². The summed E-state index contributed by atoms with van der Waals surface area (Å²) in [5.74, 6) is -0.107. The minimum absolute atomic E-state index is 0.0154. The van der Waals surface area contributed by atoms with Crippen molar-refractivity contribution in [3.05, 3.63) is 48.0 Å². The summed E-state index contributed by atoms with van der Waals surface area (Å²) in [5.41, 5.74) is 3.40. The van der Waals surface area contributed by atoms with Gasteiger partial charge in [0.2, 0.25) is 5.91 Å². The van der Waals surface area contributed by atoms with Gasteiger partial charge >= 0.3 is 6.09 Å². The van der Waals surface area contributed by atoms with E-state index in [1.165, 1.54) is 11.8 Å². The van der Waals surface area contributed by atoms with Crippen molar-refractivity contribution >= 4 is 29.3 Å². The summed E-state index contributed by atoms with van der Waals surface area (Å²) in [6.07, 6.45) is -1.05. The zero-order valence-electron chi connectivity index (χ0n) is 17.7. The molecule has 0 bridgehead atoms. The number of nitrogens with zero attached hydrogens (tertiary/aromatic N) is 3. The van der Waals surface area contributed by atoms with Crippen molar-refractivity contribution in [3.63, 3.8) is 0 Å². The predicted octanol–water partition coefficient (Wildman–Crippen LogP) is 2.64. The van der Waals surface area contributed by atoms with Crippen molar-refractivity contribution in [2.45, 2.75) is 19.9 Å². The van der Waals surface area contributed by atoms with Crippen molar-refractivity contribution in [2.24, 2.45) is 0 Å². The van der Waals surface area contributed by atoms with Crippen molar-refractivity contribution in [1.82, 2.24) is 10.2 Å². The van der Waals surface area contributed by atoms with Gasteiger partial charge in [0.15, 0.2) is 0 Å². The number of amides is 3. The Hall–Kier alpha value is -3.39. The lowest BCUT2D eigenvalue weighted by Gasteiger charge is -2.39. The standard InChI is InChI=1S/C23H26N4O4/c1-15-14-26(23(30)31)21-13-19(7-8-20(21)27(15)16(2)28)17-3-5-18(6-4-17)22(29)25-11-9-24-10-12-25/h3-8,13,15,24H,9-12,14H2,1-2H3,(H,30,31). The van der Waals surface area contributed by atoms with Crippen LogP contribution < -0.4 is 15.1 Å². The number of hydrogen-bond acceptors (Lipinski definition) is 4. The molecule has 2 N–H and O–H groups in total. The molecule has 0 aliphatic carbocycles. The Bertz CT molecular complexity index is 1010. The SMILES string of the molecule is CC(=O)N1c2ccc(-c3ccc(C(=O)N4CCNCC4)cc3)cc2N(C(=O)O)CC1C. The normalized spacial score (nSPS) is 18.5. The molecule has 0 radical (unpaired) electrons. The van der Waals surface area contributed by atoms with Crippen LogP contribution in [-0.2, 0) is 4.79 Å². The predicted molar refractivity (Wildman–Crippen MR) is 119 cm³/mol. The molecular weight excluding hydrogens is 396 g/mol. The van der Waals surface area contributed by atoms with E-state index in [4.69, 9.17) is 0 Å². The van der Waals surface area contributed by atoms with E-state index in [-0.39, 0.29) is 24.4 Å². The van der Waals surface area contributed by atoms with Gasteiger partial charge in [0, 0.05) is 45.2 Å². The first-order valence-corrected chi connectivity index (χ1v) is 10.4. The molecule has 2 aromatic rings. The highest BCUT2D eigenvalue weighted by atomic mass is 16.4. The van der Waals surface area contributed by atoms with E-state index >= 15 is 0 Å². The van der Waals surface area contributed by atoms with Crippen LogP contribution in [-0.4, -0.2) is 66.7 Å². The number of fused-ring (bicyclic) bond motifs is 1. The van der Waals surface area contributed by atoms with Crippen LogP contribution in [0.15, 0.2) is 42.5 Å². The zero-order chi connectivity index (χ0) is 22.1. The fraction of sp³-hybridized carbons (Fsp3) is 0.348. The fourth-order valence-corrected chi connectivity index (χ4v) is 4.32. The van der Waals surface area contributed by atoms with Gasteiger partial charge in [-0.2, -0.15) is 0 Å². The molecule has 1 saturated heterocycles. The second kappa shape index (κ2) is 8.39. The van der Waals surface area contributed by atoms with Gasteiger partial charge in [0.25, 0.3) is 5.91 Å². The molecule has 1 fully saturated rings. The molecule has 4 rings (SSSR count). The van der Waals surface area contributed by atoms with Crippen molar-refractivity contribution in [1.29, 1.82) is 0 Å². The molecule has 31 heavy (non-hydrogen) atoms. The molecule has 8 heteroatoms. The minimum Gasteiger partial charge on any atom is -0.465 e. The molecule has 162 valence electrons. The molecule has 2 aromatic carbocycles. The lowest BCUT2D eigenvalue weighted by atomic mass is 9.99. The van der Waals surface area contributed by atoms with E-state index < -0.39 is 6.09 Å². The van der Waals surface area contributed by atoms with Crippen LogP contribution in [0.25, 0.3) is 11.1 Å². The van der Waals surface area contributed by atoms with E-state index in [1.54, 1.807) is 29.2 Å². The highest BCUT2D eigenvalue weighted by Crippen LogP contribution is 2.39. The first-order chi connectivity index (χ1) is 14.9. The second-order valence-electron chi connectivity index (χ2n) is 7.95. The third-order valence-corrected chi connectivity index (χ3v) is 5.85. The summed E-state index contributed by atoms with van der Waals surface area (Å²) in [4.78, 5) is 41.4. The van der Waals surface area contributed by atoms with Crippen LogP contribution >= 0.6 is 0 Å². The maximum absolute atomic E-state index is 12.7. The maximum Gasteiger partial charge on any atom is 0.411 e. The summed E-state index contributed by atoms with van der Waals surface area (Å²) in [7, 11) is 0. The molecule has 0 aromatic heterocycles. The third kappa shape index (κ3) is 3.98. The summed E-state index contributed by atoms with van der Waals surface area (Å²) in [5, 5.41) is 12.9. The lowest BCUT2D eigenvalue weighted by Crippen LogP contribution is -2.51. The van der Waals surface area contributed by atoms with Crippen LogP contribution in [0.3, 0.4) is 0 Å². The average molecular weight is 422 g/mol. The van der Waals surface area contributed by atoms with Gasteiger partial charge in [-0.3, -0.25) is 14.5 Å². The van der Waals surface area contributed by atoms with Gasteiger partial charge in [-0.15, -0.1) is 0 Å². The molecule has 1 atom stereocenters. The van der Waals surface area contributed by atoms with Gasteiger partial charge in [0.1, 0.15) is 0 Å². The van der Waals surface area contributed by atoms with Crippen LogP contribution in [0.1, 0.15) is 24.2 Å². The second-order valence-corrected chi connectivity index (χ2v) is 7.95. The number of benzene rings is 2. The average Bonchev–Trinajstić information content (AvgIpc) is 2.78. The highest BCUT2D eigenvalue weighted by Gasteiger charge is 2.33. The number of hydrogen-bond donors (Lipinski definition) is 2. The lowest BCUT2D eigenvalue weighted by molar-refractivity contribution is -0.117. The van der Waals surface area contributed by atoms with Crippen molar-refractivity contribution < 1.29 is 19.5 Å². The Morgan fingerprint density at radius 3 is 2.23 bits per heavy atom. The Morgan fingerprint density at radius 1 is 0.968 bits per heavy atom. The first-order valence-electron chi connectivity index (χ1n) is 10.4. The Kier molecular flexibility index (Phi) is 5.65. The van der Waals surface area contributed by atoms with E-state index in [0.717, 1.165) is 24.2 Å². The third-order valence-electron chi connectivity index (χ3n) is 5.85. The summed E-state index contributed by atoms with van der Waals surface area (Å²) < 4.78 is 0. The smallest absolute Gasteiger partial charge is 0.411 e. The molecule has 2 heterocycles. The van der Waals surface area contributed by atoms with Crippen LogP contribution in [0, 0.1) is 0 Å².